The van der Waals surface area contributed by atoms with Crippen LogP contribution in [0.5, 0.6) is 0 Å². The van der Waals surface area contributed by atoms with Gasteiger partial charge in [0.25, 0.3) is 0 Å². The van der Waals surface area contributed by atoms with Crippen molar-refractivity contribution in [1.82, 2.24) is 0 Å². The molecule has 0 nitrogen and oxygen atoms in total. The first-order valence-corrected chi connectivity index (χ1v) is 10.1. The molecule has 0 fully saturated rings. The van der Waals surface area contributed by atoms with Crippen LogP contribution >= 0.6 is 0 Å². The van der Waals surface area contributed by atoms with E-state index in [1.165, 1.54) is 48.1 Å². The summed E-state index contributed by atoms with van der Waals surface area (Å²) in [5.74, 6) is 0. The van der Waals surface area contributed by atoms with Gasteiger partial charge in [-0.25, -0.2) is 0 Å². The van der Waals surface area contributed by atoms with E-state index in [0.29, 0.717) is 0 Å². The molecule has 128 valence electrons. The average molecular weight is 348 g/mol. The van der Waals surface area contributed by atoms with Crippen molar-refractivity contribution >= 4 is 10.9 Å². The van der Waals surface area contributed by atoms with Crippen molar-refractivity contribution in [3.05, 3.63) is 88.0 Å². The lowest BCUT2D eigenvalue weighted by atomic mass is 10.2. The molecule has 3 aromatic carbocycles. The van der Waals surface area contributed by atoms with Crippen molar-refractivity contribution in [2.75, 3.05) is 0 Å². The SMILES string of the molecule is Cc1ccc(C)c([S+](c2cc(C)ccc2C)c2cc(C)ccc2C)c1. The van der Waals surface area contributed by atoms with Crippen molar-refractivity contribution in [1.29, 1.82) is 0 Å². The molecule has 0 radical (unpaired) electrons. The molecule has 0 N–H and O–H groups in total. The Morgan fingerprint density at radius 3 is 1.00 bits per heavy atom. The smallest absolute Gasteiger partial charge is 0.0587 e. The number of hydrogen-bond donors (Lipinski definition) is 0. The van der Waals surface area contributed by atoms with Gasteiger partial charge >= 0.3 is 0 Å². The number of aryl methyl sites for hydroxylation is 6. The van der Waals surface area contributed by atoms with Crippen molar-refractivity contribution < 1.29 is 0 Å². The summed E-state index contributed by atoms with van der Waals surface area (Å²) >= 11 is 0. The van der Waals surface area contributed by atoms with Crippen LogP contribution in [0.25, 0.3) is 0 Å². The first-order chi connectivity index (χ1) is 11.9. The molecule has 0 aliphatic carbocycles. The second kappa shape index (κ2) is 7.09. The van der Waals surface area contributed by atoms with Gasteiger partial charge in [0.05, 0.1) is 0 Å². The van der Waals surface area contributed by atoms with Gasteiger partial charge in [-0.3, -0.25) is 0 Å². The van der Waals surface area contributed by atoms with E-state index in [0.717, 1.165) is 0 Å². The third kappa shape index (κ3) is 3.67. The summed E-state index contributed by atoms with van der Waals surface area (Å²) in [6.07, 6.45) is 0. The first kappa shape index (κ1) is 17.8. The Balaban J connectivity index is 2.34. The summed E-state index contributed by atoms with van der Waals surface area (Å²) in [6.45, 7) is 13.3. The van der Waals surface area contributed by atoms with Gasteiger partial charge in [-0.2, -0.15) is 0 Å². The highest BCUT2D eigenvalue weighted by molar-refractivity contribution is 7.97. The third-order valence-electron chi connectivity index (χ3n) is 4.69. The number of rotatable bonds is 3. The van der Waals surface area contributed by atoms with Gasteiger partial charge < -0.3 is 0 Å². The number of benzene rings is 3. The van der Waals surface area contributed by atoms with E-state index < -0.39 is 0 Å². The van der Waals surface area contributed by atoms with Gasteiger partial charge in [-0.15, -0.1) is 0 Å². The van der Waals surface area contributed by atoms with E-state index in [9.17, 15) is 0 Å². The molecule has 0 saturated heterocycles. The monoisotopic (exact) mass is 347 g/mol. The number of hydrogen-bond acceptors (Lipinski definition) is 0. The molecule has 0 aromatic heterocycles. The molecule has 0 saturated carbocycles. The second-order valence-electron chi connectivity index (χ2n) is 7.11. The third-order valence-corrected chi connectivity index (χ3v) is 7.33. The molecular formula is C24H27S+. The van der Waals surface area contributed by atoms with Gasteiger partial charge in [-0.05, 0) is 76.4 Å². The minimum atomic E-state index is -0.0802. The lowest BCUT2D eigenvalue weighted by Crippen LogP contribution is -2.11. The van der Waals surface area contributed by atoms with Gasteiger partial charge in [0.15, 0.2) is 14.7 Å². The fraction of sp³-hybridized carbons (Fsp3) is 0.250. The Morgan fingerprint density at radius 1 is 0.440 bits per heavy atom. The molecule has 0 spiro atoms. The largest absolute Gasteiger partial charge is 0.169 e. The maximum Gasteiger partial charge on any atom is 0.169 e. The Kier molecular flexibility index (Phi) is 5.06. The van der Waals surface area contributed by atoms with E-state index in [2.05, 4.69) is 96.1 Å². The van der Waals surface area contributed by atoms with Crippen LogP contribution in [0.4, 0.5) is 0 Å². The normalized spacial score (nSPS) is 11.2. The predicted molar refractivity (Wildman–Crippen MR) is 110 cm³/mol. The summed E-state index contributed by atoms with van der Waals surface area (Å²) in [4.78, 5) is 4.34. The van der Waals surface area contributed by atoms with Crippen LogP contribution in [0.2, 0.25) is 0 Å². The minimum absolute atomic E-state index is 0.0802. The molecule has 0 amide bonds. The summed E-state index contributed by atoms with van der Waals surface area (Å²) in [5, 5.41) is 0. The highest BCUT2D eigenvalue weighted by atomic mass is 32.2. The first-order valence-electron chi connectivity index (χ1n) is 8.83. The molecule has 0 aliphatic rings. The molecule has 1 heteroatoms. The van der Waals surface area contributed by atoms with Crippen molar-refractivity contribution in [3.8, 4) is 0 Å². The molecular weight excluding hydrogens is 320 g/mol. The topological polar surface area (TPSA) is 0 Å². The van der Waals surface area contributed by atoms with Crippen molar-refractivity contribution in [2.45, 2.75) is 56.2 Å². The molecule has 3 rings (SSSR count). The maximum atomic E-state index is 2.38. The van der Waals surface area contributed by atoms with Gasteiger partial charge in [-0.1, -0.05) is 36.4 Å². The predicted octanol–water partition coefficient (Wildman–Crippen LogP) is 6.63. The van der Waals surface area contributed by atoms with Gasteiger partial charge in [0.2, 0.25) is 0 Å². The van der Waals surface area contributed by atoms with Gasteiger partial charge in [0, 0.05) is 16.7 Å². The lowest BCUT2D eigenvalue weighted by Gasteiger charge is -2.15. The molecule has 0 atom stereocenters. The zero-order valence-corrected chi connectivity index (χ0v) is 16.9. The average Bonchev–Trinajstić information content (AvgIpc) is 2.57. The Morgan fingerprint density at radius 2 is 0.720 bits per heavy atom. The molecule has 0 bridgehead atoms. The van der Waals surface area contributed by atoms with Crippen LogP contribution in [-0.2, 0) is 10.9 Å². The molecule has 3 aromatic rings. The van der Waals surface area contributed by atoms with Crippen molar-refractivity contribution in [2.24, 2.45) is 0 Å². The van der Waals surface area contributed by atoms with Crippen LogP contribution in [-0.4, -0.2) is 0 Å². The van der Waals surface area contributed by atoms with Crippen LogP contribution < -0.4 is 0 Å². The van der Waals surface area contributed by atoms with Crippen LogP contribution in [0.1, 0.15) is 33.4 Å². The van der Waals surface area contributed by atoms with Gasteiger partial charge in [0.1, 0.15) is 10.9 Å². The molecule has 0 unspecified atom stereocenters. The van der Waals surface area contributed by atoms with Crippen LogP contribution in [0.3, 0.4) is 0 Å². The van der Waals surface area contributed by atoms with Crippen LogP contribution in [0.15, 0.2) is 69.3 Å². The second-order valence-corrected chi connectivity index (χ2v) is 9.04. The van der Waals surface area contributed by atoms with E-state index in [-0.39, 0.29) is 10.9 Å². The fourth-order valence-corrected chi connectivity index (χ4v) is 5.93. The summed E-state index contributed by atoms with van der Waals surface area (Å²) in [7, 11) is -0.0802. The zero-order valence-electron chi connectivity index (χ0n) is 16.1. The summed E-state index contributed by atoms with van der Waals surface area (Å²) in [6, 6.07) is 20.6. The Hall–Kier alpha value is -1.99. The fourth-order valence-electron chi connectivity index (χ4n) is 3.14. The summed E-state index contributed by atoms with van der Waals surface area (Å²) < 4.78 is 0. The Labute approximate surface area is 155 Å². The van der Waals surface area contributed by atoms with E-state index >= 15 is 0 Å². The minimum Gasteiger partial charge on any atom is -0.0587 e. The highest BCUT2D eigenvalue weighted by Crippen LogP contribution is 2.37. The van der Waals surface area contributed by atoms with Crippen molar-refractivity contribution in [3.63, 3.8) is 0 Å². The van der Waals surface area contributed by atoms with Crippen LogP contribution in [0, 0.1) is 41.5 Å². The van der Waals surface area contributed by atoms with E-state index in [1.54, 1.807) is 0 Å². The van der Waals surface area contributed by atoms with E-state index in [1.807, 2.05) is 0 Å². The molecule has 0 aliphatic heterocycles. The van der Waals surface area contributed by atoms with E-state index in [4.69, 9.17) is 0 Å². The maximum absolute atomic E-state index is 2.38. The highest BCUT2D eigenvalue weighted by Gasteiger charge is 2.33. The quantitative estimate of drug-likeness (QED) is 0.466. The Bertz CT molecular complexity index is 799. The summed E-state index contributed by atoms with van der Waals surface area (Å²) in [5.41, 5.74) is 8.10. The standard InChI is InChI=1S/C24H27S/c1-16-7-10-19(4)22(13-16)25(23-14-17(2)8-11-20(23)5)24-15-18(3)9-12-21(24)6/h7-15H,1-6H3/q+1. The zero-order chi connectivity index (χ0) is 18.1. The lowest BCUT2D eigenvalue weighted by molar-refractivity contribution is 1.17. The molecule has 0 heterocycles. The molecule has 25 heavy (non-hydrogen) atoms.